The minimum absolute atomic E-state index is 0.284. The van der Waals surface area contributed by atoms with E-state index in [0.717, 1.165) is 43.1 Å². The lowest BCUT2D eigenvalue weighted by Crippen LogP contribution is -2.40. The van der Waals surface area contributed by atoms with Crippen molar-refractivity contribution < 1.29 is 0 Å². The Hall–Kier alpha value is -1.36. The number of rotatable bonds is 2. The van der Waals surface area contributed by atoms with E-state index in [0.29, 0.717) is 10.0 Å². The first-order valence-corrected chi connectivity index (χ1v) is 7.68. The highest BCUT2D eigenvalue weighted by Crippen LogP contribution is 2.30. The molecule has 110 valence electrons. The summed E-state index contributed by atoms with van der Waals surface area (Å²) >= 11 is 12.3. The lowest BCUT2D eigenvalue weighted by atomic mass is 10.1. The van der Waals surface area contributed by atoms with Gasteiger partial charge in [-0.15, -0.1) is 0 Å². The summed E-state index contributed by atoms with van der Waals surface area (Å²) in [5.41, 5.74) is 7.53. The number of benzene rings is 1. The van der Waals surface area contributed by atoms with Crippen LogP contribution in [0.2, 0.25) is 10.0 Å². The molecule has 0 amide bonds. The topological polar surface area (TPSA) is 55.0 Å². The van der Waals surface area contributed by atoms with Crippen molar-refractivity contribution >= 4 is 29.2 Å². The van der Waals surface area contributed by atoms with Crippen LogP contribution in [-0.4, -0.2) is 29.1 Å². The first kappa shape index (κ1) is 14.6. The predicted octanol–water partition coefficient (Wildman–Crippen LogP) is 3.38. The van der Waals surface area contributed by atoms with E-state index in [1.165, 1.54) is 0 Å². The second-order valence-corrected chi connectivity index (χ2v) is 6.03. The molecule has 0 radical (unpaired) electrons. The van der Waals surface area contributed by atoms with Gasteiger partial charge in [-0.1, -0.05) is 23.2 Å². The Morgan fingerprint density at radius 2 is 1.90 bits per heavy atom. The van der Waals surface area contributed by atoms with Gasteiger partial charge < -0.3 is 10.6 Å². The number of nitrogens with zero attached hydrogens (tertiary/aromatic N) is 3. The molecule has 4 nitrogen and oxygen atoms in total. The van der Waals surface area contributed by atoms with Crippen LogP contribution in [0.15, 0.2) is 30.5 Å². The van der Waals surface area contributed by atoms with Gasteiger partial charge in [0.05, 0.1) is 10.7 Å². The molecule has 21 heavy (non-hydrogen) atoms. The number of nitrogens with two attached hydrogens (primary N) is 1. The molecule has 1 aromatic heterocycles. The van der Waals surface area contributed by atoms with E-state index in [1.807, 2.05) is 12.1 Å². The highest BCUT2D eigenvalue weighted by Gasteiger charge is 2.18. The zero-order valence-corrected chi connectivity index (χ0v) is 13.0. The third kappa shape index (κ3) is 3.28. The first-order valence-electron chi connectivity index (χ1n) is 6.92. The third-order valence-corrected chi connectivity index (χ3v) is 4.23. The molecule has 2 N–H and O–H groups in total. The monoisotopic (exact) mass is 322 g/mol. The molecule has 0 aliphatic carbocycles. The lowest BCUT2D eigenvalue weighted by molar-refractivity contribution is 0.495. The largest absolute Gasteiger partial charge is 0.341 e. The Morgan fingerprint density at radius 1 is 1.14 bits per heavy atom. The van der Waals surface area contributed by atoms with Crippen molar-refractivity contribution in [3.63, 3.8) is 0 Å². The number of aromatic nitrogens is 2. The number of hydrogen-bond acceptors (Lipinski definition) is 4. The molecule has 2 aromatic rings. The van der Waals surface area contributed by atoms with Crippen LogP contribution < -0.4 is 10.6 Å². The molecule has 3 rings (SSSR count). The maximum atomic E-state index is 6.24. The maximum absolute atomic E-state index is 6.24. The lowest BCUT2D eigenvalue weighted by Gasteiger charge is -2.30. The smallest absolute Gasteiger partial charge is 0.225 e. The number of hydrogen-bond donors (Lipinski definition) is 1. The van der Waals surface area contributed by atoms with Crippen molar-refractivity contribution in [2.24, 2.45) is 5.73 Å². The SMILES string of the molecule is NC1CCN(c2nccc(-c3cc(Cl)ccc3Cl)n2)CC1. The van der Waals surface area contributed by atoms with Crippen LogP contribution in [0, 0.1) is 0 Å². The molecule has 0 unspecified atom stereocenters. The molecule has 0 spiro atoms. The van der Waals surface area contributed by atoms with Crippen molar-refractivity contribution in [2.45, 2.75) is 18.9 Å². The van der Waals surface area contributed by atoms with Gasteiger partial charge in [-0.2, -0.15) is 0 Å². The minimum atomic E-state index is 0.284. The van der Waals surface area contributed by atoms with E-state index in [4.69, 9.17) is 28.9 Å². The second kappa shape index (κ2) is 6.18. The van der Waals surface area contributed by atoms with Crippen molar-refractivity contribution in [1.29, 1.82) is 0 Å². The molecule has 1 fully saturated rings. The van der Waals surface area contributed by atoms with E-state index in [-0.39, 0.29) is 6.04 Å². The fourth-order valence-electron chi connectivity index (χ4n) is 2.44. The Kier molecular flexibility index (Phi) is 4.29. The molecule has 0 saturated carbocycles. The van der Waals surface area contributed by atoms with Gasteiger partial charge in [0.25, 0.3) is 0 Å². The molecule has 2 heterocycles. The summed E-state index contributed by atoms with van der Waals surface area (Å²) in [6.07, 6.45) is 3.68. The fraction of sp³-hybridized carbons (Fsp3) is 0.333. The summed E-state index contributed by atoms with van der Waals surface area (Å²) in [5.74, 6) is 0.718. The summed E-state index contributed by atoms with van der Waals surface area (Å²) in [4.78, 5) is 11.1. The molecule has 6 heteroatoms. The van der Waals surface area contributed by atoms with Crippen molar-refractivity contribution in [3.05, 3.63) is 40.5 Å². The molecule has 0 bridgehead atoms. The number of piperidine rings is 1. The average molecular weight is 323 g/mol. The van der Waals surface area contributed by atoms with E-state index in [9.17, 15) is 0 Å². The van der Waals surface area contributed by atoms with E-state index in [1.54, 1.807) is 18.3 Å². The highest BCUT2D eigenvalue weighted by atomic mass is 35.5. The van der Waals surface area contributed by atoms with E-state index < -0.39 is 0 Å². The summed E-state index contributed by atoms with van der Waals surface area (Å²) in [6.45, 7) is 1.77. The average Bonchev–Trinajstić information content (AvgIpc) is 2.50. The second-order valence-electron chi connectivity index (χ2n) is 5.19. The van der Waals surface area contributed by atoms with Gasteiger partial charge in [-0.05, 0) is 37.1 Å². The standard InChI is InChI=1S/C15H16Cl2N4/c16-10-1-2-13(17)12(9-10)14-3-6-19-15(20-14)21-7-4-11(18)5-8-21/h1-3,6,9,11H,4-5,7-8,18H2. The molecular formula is C15H16Cl2N4. The van der Waals surface area contributed by atoms with Crippen LogP contribution in [-0.2, 0) is 0 Å². The molecular weight excluding hydrogens is 307 g/mol. The molecule has 1 aliphatic heterocycles. The molecule has 1 aromatic carbocycles. The van der Waals surface area contributed by atoms with Gasteiger partial charge in [-0.3, -0.25) is 0 Å². The van der Waals surface area contributed by atoms with Gasteiger partial charge in [0, 0.05) is 35.9 Å². The van der Waals surface area contributed by atoms with Crippen molar-refractivity contribution in [1.82, 2.24) is 9.97 Å². The quantitative estimate of drug-likeness (QED) is 0.920. The van der Waals surface area contributed by atoms with Gasteiger partial charge in [-0.25, -0.2) is 9.97 Å². The van der Waals surface area contributed by atoms with Crippen LogP contribution in [0.3, 0.4) is 0 Å². The minimum Gasteiger partial charge on any atom is -0.341 e. The molecule has 0 atom stereocenters. The normalized spacial score (nSPS) is 16.2. The van der Waals surface area contributed by atoms with Gasteiger partial charge in [0.2, 0.25) is 5.95 Å². The van der Waals surface area contributed by atoms with Gasteiger partial charge >= 0.3 is 0 Å². The Bertz CT molecular complexity index is 639. The van der Waals surface area contributed by atoms with Crippen molar-refractivity contribution in [2.75, 3.05) is 18.0 Å². The molecule has 1 aliphatic rings. The number of halogens is 2. The summed E-state index contributed by atoms with van der Waals surface area (Å²) in [7, 11) is 0. The Morgan fingerprint density at radius 3 is 2.67 bits per heavy atom. The Labute approximate surface area is 133 Å². The van der Waals surface area contributed by atoms with E-state index in [2.05, 4.69) is 14.9 Å². The summed E-state index contributed by atoms with van der Waals surface area (Å²) < 4.78 is 0. The van der Waals surface area contributed by atoms with Gasteiger partial charge in [0.1, 0.15) is 0 Å². The van der Waals surface area contributed by atoms with Crippen molar-refractivity contribution in [3.8, 4) is 11.3 Å². The van der Waals surface area contributed by atoms with Crippen LogP contribution in [0.25, 0.3) is 11.3 Å². The zero-order chi connectivity index (χ0) is 14.8. The Balaban J connectivity index is 1.91. The van der Waals surface area contributed by atoms with E-state index >= 15 is 0 Å². The zero-order valence-electron chi connectivity index (χ0n) is 11.5. The molecule has 1 saturated heterocycles. The predicted molar refractivity (Wildman–Crippen MR) is 86.9 cm³/mol. The van der Waals surface area contributed by atoms with Gasteiger partial charge in [0.15, 0.2) is 0 Å². The van der Waals surface area contributed by atoms with Crippen LogP contribution in [0.4, 0.5) is 5.95 Å². The highest BCUT2D eigenvalue weighted by molar-refractivity contribution is 6.35. The third-order valence-electron chi connectivity index (χ3n) is 3.67. The maximum Gasteiger partial charge on any atom is 0.225 e. The first-order chi connectivity index (χ1) is 10.1. The van der Waals surface area contributed by atoms with Crippen LogP contribution >= 0.6 is 23.2 Å². The summed E-state index contributed by atoms with van der Waals surface area (Å²) in [5, 5.41) is 1.27. The fourth-order valence-corrected chi connectivity index (χ4v) is 2.83. The van der Waals surface area contributed by atoms with Crippen LogP contribution in [0.1, 0.15) is 12.8 Å². The number of anilines is 1. The summed E-state index contributed by atoms with van der Waals surface area (Å²) in [6, 6.07) is 7.49. The van der Waals surface area contributed by atoms with Crippen LogP contribution in [0.5, 0.6) is 0 Å².